The van der Waals surface area contributed by atoms with Crippen LogP contribution in [0.1, 0.15) is 43.4 Å². The number of unbranched alkanes of at least 4 members (excludes halogenated alkanes) is 1. The van der Waals surface area contributed by atoms with Crippen LogP contribution in [0, 0.1) is 6.92 Å². The molecule has 0 spiro atoms. The van der Waals surface area contributed by atoms with Gasteiger partial charge in [-0.3, -0.25) is 4.79 Å². The molecule has 2 saturated heterocycles. The van der Waals surface area contributed by atoms with E-state index in [4.69, 9.17) is 4.74 Å². The van der Waals surface area contributed by atoms with Gasteiger partial charge in [-0.05, 0) is 38.0 Å². The lowest BCUT2D eigenvalue weighted by Gasteiger charge is -2.37. The zero-order chi connectivity index (χ0) is 21.6. The van der Waals surface area contributed by atoms with Crippen LogP contribution < -0.4 is 20.5 Å². The molecule has 0 radical (unpaired) electrons. The van der Waals surface area contributed by atoms with Crippen molar-refractivity contribution in [3.8, 4) is 5.75 Å². The second-order valence-corrected chi connectivity index (χ2v) is 8.52. The summed E-state index contributed by atoms with van der Waals surface area (Å²) >= 11 is 0. The summed E-state index contributed by atoms with van der Waals surface area (Å²) in [5, 5.41) is 0. The van der Waals surface area contributed by atoms with Crippen LogP contribution in [-0.4, -0.2) is 49.6 Å². The van der Waals surface area contributed by atoms with Crippen LogP contribution in [0.3, 0.4) is 0 Å². The number of amides is 1. The second kappa shape index (κ2) is 10.2. The molecule has 1 amide bonds. The lowest BCUT2D eigenvalue weighted by Crippen LogP contribution is -2.53. The Morgan fingerprint density at radius 3 is 2.52 bits per heavy atom. The first-order valence-electron chi connectivity index (χ1n) is 11.5. The van der Waals surface area contributed by atoms with Gasteiger partial charge in [0.25, 0.3) is 0 Å². The fraction of sp³-hybridized carbons (Fsp3) is 0.480. The highest BCUT2D eigenvalue weighted by molar-refractivity contribution is 5.82. The maximum absolute atomic E-state index is 13.1. The third-order valence-electron chi connectivity index (χ3n) is 6.24. The fourth-order valence-electron chi connectivity index (χ4n) is 4.31. The molecule has 31 heavy (non-hydrogen) atoms. The molecule has 4 rings (SSSR count). The van der Waals surface area contributed by atoms with E-state index < -0.39 is 0 Å². The van der Waals surface area contributed by atoms with Gasteiger partial charge in [-0.1, -0.05) is 49.2 Å². The SMILES string of the molecule is CCCCOc1ccccc1C1CC(C(=O)N2CCN(c3ccc(C)cc3)CC2)NN1. The van der Waals surface area contributed by atoms with E-state index in [9.17, 15) is 4.79 Å². The summed E-state index contributed by atoms with van der Waals surface area (Å²) in [6, 6.07) is 16.6. The molecule has 0 bridgehead atoms. The van der Waals surface area contributed by atoms with E-state index in [0.29, 0.717) is 0 Å². The van der Waals surface area contributed by atoms with Crippen LogP contribution in [0.25, 0.3) is 0 Å². The number of nitrogens with one attached hydrogen (secondary N) is 2. The maximum atomic E-state index is 13.1. The molecule has 2 unspecified atom stereocenters. The highest BCUT2D eigenvalue weighted by Crippen LogP contribution is 2.31. The molecule has 2 aromatic rings. The Kier molecular flexibility index (Phi) is 7.10. The molecule has 2 atom stereocenters. The number of hydrogen-bond donors (Lipinski definition) is 2. The number of rotatable bonds is 7. The molecule has 0 saturated carbocycles. The number of aryl methyl sites for hydroxylation is 1. The van der Waals surface area contributed by atoms with Gasteiger partial charge in [0.2, 0.25) is 5.91 Å². The maximum Gasteiger partial charge on any atom is 0.241 e. The Balaban J connectivity index is 1.32. The van der Waals surface area contributed by atoms with Crippen molar-refractivity contribution in [3.63, 3.8) is 0 Å². The number of carbonyl (C=O) groups is 1. The van der Waals surface area contributed by atoms with Crippen molar-refractivity contribution in [2.45, 2.75) is 45.2 Å². The molecule has 6 nitrogen and oxygen atoms in total. The first kappa shape index (κ1) is 21.7. The molecule has 166 valence electrons. The predicted octanol–water partition coefficient (Wildman–Crippen LogP) is 3.43. The van der Waals surface area contributed by atoms with Gasteiger partial charge >= 0.3 is 0 Å². The summed E-state index contributed by atoms with van der Waals surface area (Å²) in [6.45, 7) is 8.24. The van der Waals surface area contributed by atoms with Gasteiger partial charge in [0.05, 0.1) is 12.6 Å². The molecular formula is C25H34N4O2. The van der Waals surface area contributed by atoms with Crippen LogP contribution in [-0.2, 0) is 4.79 Å². The lowest BCUT2D eigenvalue weighted by molar-refractivity contribution is -0.133. The van der Waals surface area contributed by atoms with Crippen LogP contribution in [0.15, 0.2) is 48.5 Å². The molecule has 2 aromatic carbocycles. The van der Waals surface area contributed by atoms with Crippen molar-refractivity contribution in [3.05, 3.63) is 59.7 Å². The summed E-state index contributed by atoms with van der Waals surface area (Å²) in [4.78, 5) is 17.5. The molecule has 0 aliphatic carbocycles. The van der Waals surface area contributed by atoms with Crippen LogP contribution in [0.2, 0.25) is 0 Å². The minimum absolute atomic E-state index is 0.0700. The van der Waals surface area contributed by atoms with Crippen molar-refractivity contribution < 1.29 is 9.53 Å². The highest BCUT2D eigenvalue weighted by Gasteiger charge is 2.35. The number of piperazine rings is 1. The van der Waals surface area contributed by atoms with Crippen LogP contribution >= 0.6 is 0 Å². The van der Waals surface area contributed by atoms with Crippen LogP contribution in [0.5, 0.6) is 5.75 Å². The average Bonchev–Trinajstić information content (AvgIpc) is 3.30. The normalized spacial score (nSPS) is 21.4. The minimum atomic E-state index is -0.209. The Bertz CT molecular complexity index is 862. The van der Waals surface area contributed by atoms with E-state index in [2.05, 4.69) is 59.9 Å². The van der Waals surface area contributed by atoms with Gasteiger partial charge in [0, 0.05) is 37.4 Å². The Labute approximate surface area is 185 Å². The first-order valence-corrected chi connectivity index (χ1v) is 11.5. The van der Waals surface area contributed by atoms with Crippen molar-refractivity contribution in [2.24, 2.45) is 0 Å². The van der Waals surface area contributed by atoms with E-state index in [1.54, 1.807) is 0 Å². The van der Waals surface area contributed by atoms with E-state index in [1.165, 1.54) is 11.3 Å². The summed E-state index contributed by atoms with van der Waals surface area (Å²) in [7, 11) is 0. The number of ether oxygens (including phenoxy) is 1. The summed E-state index contributed by atoms with van der Waals surface area (Å²) in [6.07, 6.45) is 2.88. The Hall–Kier alpha value is -2.57. The summed E-state index contributed by atoms with van der Waals surface area (Å²) in [5.41, 5.74) is 10.2. The van der Waals surface area contributed by atoms with Gasteiger partial charge in [-0.2, -0.15) is 0 Å². The monoisotopic (exact) mass is 422 g/mol. The molecule has 0 aromatic heterocycles. The highest BCUT2D eigenvalue weighted by atomic mass is 16.5. The molecule has 2 aliphatic heterocycles. The van der Waals surface area contributed by atoms with E-state index in [-0.39, 0.29) is 18.0 Å². The molecule has 2 aliphatic rings. The predicted molar refractivity (Wildman–Crippen MR) is 124 cm³/mol. The van der Waals surface area contributed by atoms with Crippen LogP contribution in [0.4, 0.5) is 5.69 Å². The number of para-hydroxylation sites is 1. The molecule has 2 N–H and O–H groups in total. The topological polar surface area (TPSA) is 56.8 Å². The first-order chi connectivity index (χ1) is 15.2. The number of nitrogens with zero attached hydrogens (tertiary/aromatic N) is 2. The van der Waals surface area contributed by atoms with Gasteiger partial charge < -0.3 is 14.5 Å². The quantitative estimate of drug-likeness (QED) is 0.670. The third-order valence-corrected chi connectivity index (χ3v) is 6.24. The Morgan fingerprint density at radius 1 is 1.03 bits per heavy atom. The second-order valence-electron chi connectivity index (χ2n) is 8.52. The smallest absolute Gasteiger partial charge is 0.241 e. The van der Waals surface area contributed by atoms with Gasteiger partial charge in [-0.15, -0.1) is 0 Å². The zero-order valence-corrected chi connectivity index (χ0v) is 18.6. The Morgan fingerprint density at radius 2 is 1.77 bits per heavy atom. The third kappa shape index (κ3) is 5.20. The summed E-state index contributed by atoms with van der Waals surface area (Å²) in [5.74, 6) is 1.10. The van der Waals surface area contributed by atoms with E-state index >= 15 is 0 Å². The van der Waals surface area contributed by atoms with Crippen molar-refractivity contribution in [1.82, 2.24) is 15.8 Å². The number of benzene rings is 2. The number of carbonyl (C=O) groups excluding carboxylic acids is 1. The standard InChI is InChI=1S/C25H34N4O2/c1-3-4-17-31-24-8-6-5-7-21(24)22-18-23(27-26-22)25(30)29-15-13-28(14-16-29)20-11-9-19(2)10-12-20/h5-12,22-23,26-27H,3-4,13-18H2,1-2H3. The number of hydrazine groups is 1. The summed E-state index contributed by atoms with van der Waals surface area (Å²) < 4.78 is 5.99. The van der Waals surface area contributed by atoms with Crippen molar-refractivity contribution in [2.75, 3.05) is 37.7 Å². The van der Waals surface area contributed by atoms with Crippen molar-refractivity contribution in [1.29, 1.82) is 0 Å². The van der Waals surface area contributed by atoms with Gasteiger partial charge in [0.1, 0.15) is 11.8 Å². The fourth-order valence-corrected chi connectivity index (χ4v) is 4.31. The molecule has 2 heterocycles. The number of anilines is 1. The van der Waals surface area contributed by atoms with E-state index in [0.717, 1.165) is 63.4 Å². The van der Waals surface area contributed by atoms with Gasteiger partial charge in [-0.25, -0.2) is 10.9 Å². The molecule has 6 heteroatoms. The minimum Gasteiger partial charge on any atom is -0.493 e. The molecular weight excluding hydrogens is 388 g/mol. The van der Waals surface area contributed by atoms with Crippen molar-refractivity contribution >= 4 is 11.6 Å². The van der Waals surface area contributed by atoms with Gasteiger partial charge in [0.15, 0.2) is 0 Å². The van der Waals surface area contributed by atoms with E-state index in [1.807, 2.05) is 23.1 Å². The zero-order valence-electron chi connectivity index (χ0n) is 18.6. The lowest BCUT2D eigenvalue weighted by atomic mass is 10.0. The largest absolute Gasteiger partial charge is 0.493 e. The average molecular weight is 423 g/mol. The number of hydrogen-bond acceptors (Lipinski definition) is 5. The molecule has 2 fully saturated rings.